The SMILES string of the molecule is O=C(COC(=O)CCc1nc(-c2ccsc2)no1)NCc1ccco1. The van der Waals surface area contributed by atoms with Gasteiger partial charge in [-0.05, 0) is 23.6 Å². The van der Waals surface area contributed by atoms with E-state index in [4.69, 9.17) is 13.7 Å². The van der Waals surface area contributed by atoms with Gasteiger partial charge in [-0.3, -0.25) is 9.59 Å². The van der Waals surface area contributed by atoms with E-state index < -0.39 is 11.9 Å². The van der Waals surface area contributed by atoms with Crippen molar-refractivity contribution in [2.45, 2.75) is 19.4 Å². The highest BCUT2D eigenvalue weighted by Crippen LogP contribution is 2.18. The maximum Gasteiger partial charge on any atom is 0.306 e. The highest BCUT2D eigenvalue weighted by molar-refractivity contribution is 7.08. The van der Waals surface area contributed by atoms with E-state index in [1.807, 2.05) is 16.8 Å². The summed E-state index contributed by atoms with van der Waals surface area (Å²) in [5.41, 5.74) is 0.871. The van der Waals surface area contributed by atoms with Crippen molar-refractivity contribution >= 4 is 23.2 Å². The lowest BCUT2D eigenvalue weighted by atomic mass is 10.3. The van der Waals surface area contributed by atoms with Crippen LogP contribution in [0.4, 0.5) is 0 Å². The second-order valence-electron chi connectivity index (χ2n) is 5.04. The number of rotatable bonds is 8. The van der Waals surface area contributed by atoms with Crippen LogP contribution in [0.25, 0.3) is 11.4 Å². The number of nitrogens with zero attached hydrogens (tertiary/aromatic N) is 2. The maximum atomic E-state index is 11.7. The monoisotopic (exact) mass is 361 g/mol. The normalized spacial score (nSPS) is 10.6. The predicted molar refractivity (Wildman–Crippen MR) is 87.4 cm³/mol. The lowest BCUT2D eigenvalue weighted by Crippen LogP contribution is -2.28. The number of hydrogen-bond acceptors (Lipinski definition) is 8. The number of furan rings is 1. The summed E-state index contributed by atoms with van der Waals surface area (Å²) in [5.74, 6) is 0.547. The van der Waals surface area contributed by atoms with E-state index in [1.54, 1.807) is 12.1 Å². The van der Waals surface area contributed by atoms with E-state index in [9.17, 15) is 9.59 Å². The van der Waals surface area contributed by atoms with Crippen LogP contribution in [0.1, 0.15) is 18.1 Å². The van der Waals surface area contributed by atoms with Gasteiger partial charge in [0.2, 0.25) is 11.7 Å². The summed E-state index contributed by atoms with van der Waals surface area (Å²) in [6, 6.07) is 5.35. The number of aromatic nitrogens is 2. The number of esters is 1. The molecule has 9 heteroatoms. The number of carbonyl (C=O) groups excluding carboxylic acids is 2. The summed E-state index contributed by atoms with van der Waals surface area (Å²) in [7, 11) is 0. The van der Waals surface area contributed by atoms with Crippen molar-refractivity contribution in [3.05, 3.63) is 46.9 Å². The van der Waals surface area contributed by atoms with Crippen LogP contribution in [-0.2, 0) is 27.3 Å². The molecule has 0 saturated heterocycles. The standard InChI is InChI=1S/C16H15N3O5S/c20-13(17-8-12-2-1-6-22-12)9-23-15(21)4-3-14-18-16(19-24-14)11-5-7-25-10-11/h1-2,5-7,10H,3-4,8-9H2,(H,17,20). The van der Waals surface area contributed by atoms with E-state index in [0.29, 0.717) is 17.5 Å². The molecule has 0 bridgehead atoms. The Hall–Kier alpha value is -2.94. The fraction of sp³-hybridized carbons (Fsp3) is 0.250. The number of ether oxygens (including phenoxy) is 1. The lowest BCUT2D eigenvalue weighted by molar-refractivity contribution is -0.148. The molecule has 0 unspecified atom stereocenters. The molecule has 0 aliphatic carbocycles. The van der Waals surface area contributed by atoms with E-state index in [-0.39, 0.29) is 26.0 Å². The second-order valence-corrected chi connectivity index (χ2v) is 5.82. The van der Waals surface area contributed by atoms with Crippen LogP contribution >= 0.6 is 11.3 Å². The Morgan fingerprint density at radius 1 is 1.32 bits per heavy atom. The predicted octanol–water partition coefficient (Wildman–Crippen LogP) is 2.18. The Morgan fingerprint density at radius 2 is 2.24 bits per heavy atom. The first-order valence-corrected chi connectivity index (χ1v) is 8.45. The van der Waals surface area contributed by atoms with E-state index in [2.05, 4.69) is 15.5 Å². The minimum absolute atomic E-state index is 0.0523. The molecule has 3 aromatic heterocycles. The quantitative estimate of drug-likeness (QED) is 0.613. The lowest BCUT2D eigenvalue weighted by Gasteiger charge is -2.04. The van der Waals surface area contributed by atoms with E-state index >= 15 is 0 Å². The zero-order valence-corrected chi connectivity index (χ0v) is 14.0. The Balaban J connectivity index is 1.36. The first-order chi connectivity index (χ1) is 12.2. The molecule has 25 heavy (non-hydrogen) atoms. The Bertz CT molecular complexity index is 811. The first kappa shape index (κ1) is 16.9. The van der Waals surface area contributed by atoms with Crippen molar-refractivity contribution in [3.63, 3.8) is 0 Å². The molecular weight excluding hydrogens is 346 g/mol. The zero-order valence-electron chi connectivity index (χ0n) is 13.1. The van der Waals surface area contributed by atoms with Crippen molar-refractivity contribution in [3.8, 4) is 11.4 Å². The van der Waals surface area contributed by atoms with Crippen molar-refractivity contribution in [1.82, 2.24) is 15.5 Å². The minimum atomic E-state index is -0.511. The largest absolute Gasteiger partial charge is 0.467 e. The summed E-state index contributed by atoms with van der Waals surface area (Å²) in [6.07, 6.45) is 1.82. The molecule has 130 valence electrons. The third-order valence-corrected chi connectivity index (χ3v) is 3.88. The summed E-state index contributed by atoms with van der Waals surface area (Å²) in [4.78, 5) is 27.5. The molecule has 1 amide bonds. The molecule has 0 atom stereocenters. The van der Waals surface area contributed by atoms with Gasteiger partial charge in [-0.1, -0.05) is 5.16 Å². The molecule has 0 radical (unpaired) electrons. The van der Waals surface area contributed by atoms with Crippen molar-refractivity contribution in [1.29, 1.82) is 0 Å². The van der Waals surface area contributed by atoms with Crippen LogP contribution in [0.2, 0.25) is 0 Å². The molecule has 0 aromatic carbocycles. The van der Waals surface area contributed by atoms with Gasteiger partial charge < -0.3 is 19.0 Å². The van der Waals surface area contributed by atoms with Crippen LogP contribution < -0.4 is 5.32 Å². The van der Waals surface area contributed by atoms with E-state index in [0.717, 1.165) is 5.56 Å². The van der Waals surface area contributed by atoms with Gasteiger partial charge in [0.15, 0.2) is 6.61 Å². The number of carbonyl (C=O) groups is 2. The molecule has 0 spiro atoms. The van der Waals surface area contributed by atoms with Gasteiger partial charge in [0.05, 0.1) is 19.2 Å². The van der Waals surface area contributed by atoms with Crippen LogP contribution in [-0.4, -0.2) is 28.6 Å². The molecule has 3 heterocycles. The number of thiophene rings is 1. The molecular formula is C16H15N3O5S. The third-order valence-electron chi connectivity index (χ3n) is 3.19. The highest BCUT2D eigenvalue weighted by atomic mass is 32.1. The highest BCUT2D eigenvalue weighted by Gasteiger charge is 2.13. The summed E-state index contributed by atoms with van der Waals surface area (Å²) in [6.45, 7) is -0.0970. The minimum Gasteiger partial charge on any atom is -0.467 e. The number of aryl methyl sites for hydroxylation is 1. The summed E-state index contributed by atoms with van der Waals surface area (Å²) in [5, 5.41) is 10.3. The van der Waals surface area contributed by atoms with Gasteiger partial charge in [-0.15, -0.1) is 0 Å². The topological polar surface area (TPSA) is 107 Å². The number of amides is 1. The Labute approximate surface area is 146 Å². The van der Waals surface area contributed by atoms with Crippen LogP contribution in [0.3, 0.4) is 0 Å². The maximum absolute atomic E-state index is 11.7. The molecule has 8 nitrogen and oxygen atoms in total. The Morgan fingerprint density at radius 3 is 3.00 bits per heavy atom. The van der Waals surface area contributed by atoms with E-state index in [1.165, 1.54) is 17.6 Å². The van der Waals surface area contributed by atoms with Crippen LogP contribution in [0, 0.1) is 0 Å². The summed E-state index contributed by atoms with van der Waals surface area (Å²) < 4.78 is 15.1. The average Bonchev–Trinajstić information content (AvgIpc) is 3.37. The number of hydrogen-bond donors (Lipinski definition) is 1. The molecule has 0 fully saturated rings. The fourth-order valence-corrected chi connectivity index (χ4v) is 2.58. The number of nitrogens with one attached hydrogen (secondary N) is 1. The van der Waals surface area contributed by atoms with Gasteiger partial charge in [-0.25, -0.2) is 0 Å². The molecule has 0 aliphatic rings. The van der Waals surface area contributed by atoms with Gasteiger partial charge >= 0.3 is 5.97 Å². The molecule has 1 N–H and O–H groups in total. The molecule has 0 aliphatic heterocycles. The van der Waals surface area contributed by atoms with Gasteiger partial charge in [0.1, 0.15) is 5.76 Å². The molecule has 0 saturated carbocycles. The average molecular weight is 361 g/mol. The van der Waals surface area contributed by atoms with Gasteiger partial charge in [-0.2, -0.15) is 16.3 Å². The van der Waals surface area contributed by atoms with Gasteiger partial charge in [0, 0.05) is 17.4 Å². The zero-order chi connectivity index (χ0) is 17.5. The van der Waals surface area contributed by atoms with Crippen molar-refractivity contribution in [2.75, 3.05) is 6.61 Å². The molecule has 3 rings (SSSR count). The fourth-order valence-electron chi connectivity index (χ4n) is 1.94. The van der Waals surface area contributed by atoms with Crippen LogP contribution in [0.15, 0.2) is 44.2 Å². The second kappa shape index (κ2) is 8.25. The van der Waals surface area contributed by atoms with Crippen LogP contribution in [0.5, 0.6) is 0 Å². The van der Waals surface area contributed by atoms with Crippen molar-refractivity contribution < 1.29 is 23.3 Å². The van der Waals surface area contributed by atoms with Gasteiger partial charge in [0.25, 0.3) is 5.91 Å². The first-order valence-electron chi connectivity index (χ1n) is 7.50. The smallest absolute Gasteiger partial charge is 0.306 e. The Kier molecular flexibility index (Phi) is 5.57. The third kappa shape index (κ3) is 5.01. The molecule has 3 aromatic rings. The van der Waals surface area contributed by atoms with Crippen molar-refractivity contribution in [2.24, 2.45) is 0 Å². The summed E-state index contributed by atoms with van der Waals surface area (Å²) >= 11 is 1.53.